The van der Waals surface area contributed by atoms with Crippen LogP contribution in [0.2, 0.25) is 0 Å². The van der Waals surface area contributed by atoms with Crippen molar-refractivity contribution in [2.24, 2.45) is 0 Å². The van der Waals surface area contributed by atoms with Gasteiger partial charge in [0.25, 0.3) is 5.91 Å². The van der Waals surface area contributed by atoms with Crippen molar-refractivity contribution >= 4 is 26.8 Å². The molecule has 2 aromatic heterocycles. The van der Waals surface area contributed by atoms with Gasteiger partial charge in [-0.15, -0.1) is 0 Å². The second-order valence-electron chi connectivity index (χ2n) is 8.18. The molecule has 4 heterocycles. The van der Waals surface area contributed by atoms with Crippen LogP contribution in [0.4, 0.5) is 0 Å². The minimum atomic E-state index is -3.05. The highest BCUT2D eigenvalue weighted by molar-refractivity contribution is 7.91. The molecule has 0 spiro atoms. The van der Waals surface area contributed by atoms with E-state index < -0.39 is 9.84 Å². The van der Waals surface area contributed by atoms with E-state index in [9.17, 15) is 13.2 Å². The van der Waals surface area contributed by atoms with Crippen molar-refractivity contribution in [2.75, 3.05) is 24.6 Å². The highest BCUT2D eigenvalue weighted by Crippen LogP contribution is 2.33. The lowest BCUT2D eigenvalue weighted by Crippen LogP contribution is -2.28. The summed E-state index contributed by atoms with van der Waals surface area (Å²) in [5, 5.41) is 0. The van der Waals surface area contributed by atoms with E-state index in [4.69, 9.17) is 9.97 Å². The van der Waals surface area contributed by atoms with Crippen LogP contribution in [-0.2, 0) is 9.84 Å². The zero-order valence-corrected chi connectivity index (χ0v) is 17.7. The van der Waals surface area contributed by atoms with Crippen LogP contribution in [0.5, 0.6) is 0 Å². The number of carbonyl (C=O) groups is 1. The molecule has 0 saturated carbocycles. The van der Waals surface area contributed by atoms with Gasteiger partial charge in [0.15, 0.2) is 15.5 Å². The summed E-state index contributed by atoms with van der Waals surface area (Å²) in [5.41, 5.74) is 3.32. The number of imidazole rings is 1. The van der Waals surface area contributed by atoms with E-state index in [2.05, 4.69) is 0 Å². The molecule has 5 rings (SSSR count). The lowest BCUT2D eigenvalue weighted by molar-refractivity contribution is 0.0789. The molecular weight excluding hydrogens is 400 g/mol. The van der Waals surface area contributed by atoms with E-state index in [0.29, 0.717) is 23.3 Å². The summed E-state index contributed by atoms with van der Waals surface area (Å²) >= 11 is 0. The minimum absolute atomic E-state index is 0.0982. The first-order chi connectivity index (χ1) is 14.4. The first-order valence-corrected chi connectivity index (χ1v) is 12.2. The van der Waals surface area contributed by atoms with Gasteiger partial charge >= 0.3 is 0 Å². The van der Waals surface area contributed by atoms with Crippen LogP contribution in [0, 0.1) is 6.92 Å². The maximum absolute atomic E-state index is 13.3. The van der Waals surface area contributed by atoms with Crippen LogP contribution < -0.4 is 0 Å². The molecule has 1 amide bonds. The SMILES string of the molecule is Cc1nc2c(C(=O)N3CCCC3)nc(-c3ccccc3)cc2n1C1CCS(=O)(=O)C1. The fourth-order valence-electron chi connectivity index (χ4n) is 4.62. The number of hydrogen-bond donors (Lipinski definition) is 0. The lowest BCUT2D eigenvalue weighted by atomic mass is 10.1. The summed E-state index contributed by atoms with van der Waals surface area (Å²) in [4.78, 5) is 24.6. The van der Waals surface area contributed by atoms with Gasteiger partial charge in [0.1, 0.15) is 11.3 Å². The van der Waals surface area contributed by atoms with E-state index in [1.165, 1.54) is 0 Å². The Balaban J connectivity index is 1.72. The maximum Gasteiger partial charge on any atom is 0.274 e. The van der Waals surface area contributed by atoms with E-state index in [1.807, 2.05) is 52.8 Å². The van der Waals surface area contributed by atoms with E-state index in [-0.39, 0.29) is 23.5 Å². The molecule has 0 radical (unpaired) electrons. The molecule has 2 aliphatic rings. The fourth-order valence-corrected chi connectivity index (χ4v) is 6.32. The number of fused-ring (bicyclic) bond motifs is 1. The Hall–Kier alpha value is -2.74. The van der Waals surface area contributed by atoms with Crippen molar-refractivity contribution in [3.05, 3.63) is 47.9 Å². The predicted molar refractivity (Wildman–Crippen MR) is 115 cm³/mol. The number of aromatic nitrogens is 3. The zero-order valence-electron chi connectivity index (χ0n) is 16.9. The molecule has 8 heteroatoms. The molecule has 3 aromatic rings. The molecule has 0 bridgehead atoms. The highest BCUT2D eigenvalue weighted by Gasteiger charge is 2.33. The second kappa shape index (κ2) is 7.19. The number of sulfone groups is 1. The number of pyridine rings is 1. The molecule has 2 fully saturated rings. The average molecular weight is 425 g/mol. The Bertz CT molecular complexity index is 1230. The minimum Gasteiger partial charge on any atom is -0.337 e. The van der Waals surface area contributed by atoms with Crippen LogP contribution in [0.15, 0.2) is 36.4 Å². The highest BCUT2D eigenvalue weighted by atomic mass is 32.2. The predicted octanol–water partition coefficient (Wildman–Crippen LogP) is 3.00. The van der Waals surface area contributed by atoms with Crippen LogP contribution in [-0.4, -0.2) is 58.4 Å². The Labute approximate surface area is 175 Å². The third-order valence-electron chi connectivity index (χ3n) is 6.09. The molecule has 7 nitrogen and oxygen atoms in total. The third-order valence-corrected chi connectivity index (χ3v) is 7.84. The first kappa shape index (κ1) is 19.2. The maximum atomic E-state index is 13.3. The Morgan fingerprint density at radius 2 is 1.83 bits per heavy atom. The van der Waals surface area contributed by atoms with Crippen LogP contribution >= 0.6 is 0 Å². The fraction of sp³-hybridized carbons (Fsp3) is 0.409. The molecule has 2 saturated heterocycles. The number of rotatable bonds is 3. The number of hydrogen-bond acceptors (Lipinski definition) is 5. The summed E-state index contributed by atoms with van der Waals surface area (Å²) in [7, 11) is -3.05. The smallest absolute Gasteiger partial charge is 0.274 e. The summed E-state index contributed by atoms with van der Waals surface area (Å²) in [6.45, 7) is 3.34. The summed E-state index contributed by atoms with van der Waals surface area (Å²) in [5.74, 6) is 0.915. The van der Waals surface area contributed by atoms with Gasteiger partial charge in [0.2, 0.25) is 0 Å². The van der Waals surface area contributed by atoms with Gasteiger partial charge < -0.3 is 9.47 Å². The number of nitrogens with zero attached hydrogens (tertiary/aromatic N) is 4. The van der Waals surface area contributed by atoms with E-state index in [1.54, 1.807) is 0 Å². The van der Waals surface area contributed by atoms with Gasteiger partial charge in [-0.3, -0.25) is 4.79 Å². The van der Waals surface area contributed by atoms with Crippen molar-refractivity contribution in [2.45, 2.75) is 32.2 Å². The number of carbonyl (C=O) groups excluding carboxylic acids is 1. The number of amides is 1. The van der Waals surface area contributed by atoms with Crippen molar-refractivity contribution in [3.63, 3.8) is 0 Å². The zero-order chi connectivity index (χ0) is 20.9. The van der Waals surface area contributed by atoms with Crippen molar-refractivity contribution in [1.82, 2.24) is 19.4 Å². The molecule has 30 heavy (non-hydrogen) atoms. The molecule has 0 aliphatic carbocycles. The average Bonchev–Trinajstić information content (AvgIpc) is 3.45. The standard InChI is InChI=1S/C22H24N4O3S/c1-15-23-20-19(26(15)17-9-12-30(28,29)14-17)13-18(16-7-3-2-4-8-16)24-21(20)22(27)25-10-5-6-11-25/h2-4,7-8,13,17H,5-6,9-12,14H2,1H3. The molecule has 1 atom stereocenters. The number of benzene rings is 1. The van der Waals surface area contributed by atoms with Crippen molar-refractivity contribution in [3.8, 4) is 11.3 Å². The first-order valence-electron chi connectivity index (χ1n) is 10.4. The van der Waals surface area contributed by atoms with Gasteiger partial charge in [-0.05, 0) is 32.3 Å². The van der Waals surface area contributed by atoms with Gasteiger partial charge in [0, 0.05) is 18.7 Å². The molecule has 1 aromatic carbocycles. The second-order valence-corrected chi connectivity index (χ2v) is 10.4. The summed E-state index contributed by atoms with van der Waals surface area (Å²) in [6, 6.07) is 11.5. The van der Waals surface area contributed by atoms with E-state index in [0.717, 1.165) is 42.8 Å². The van der Waals surface area contributed by atoms with Crippen molar-refractivity contribution < 1.29 is 13.2 Å². The number of aryl methyl sites for hydroxylation is 1. The van der Waals surface area contributed by atoms with Gasteiger partial charge in [-0.2, -0.15) is 0 Å². The van der Waals surface area contributed by atoms with Gasteiger partial charge in [-0.25, -0.2) is 18.4 Å². The Morgan fingerprint density at radius 3 is 2.50 bits per heavy atom. The van der Waals surface area contributed by atoms with Crippen LogP contribution in [0.1, 0.15) is 41.6 Å². The van der Waals surface area contributed by atoms with E-state index >= 15 is 0 Å². The largest absolute Gasteiger partial charge is 0.337 e. The van der Waals surface area contributed by atoms with Crippen LogP contribution in [0.3, 0.4) is 0 Å². The number of likely N-dealkylation sites (tertiary alicyclic amines) is 1. The van der Waals surface area contributed by atoms with Crippen LogP contribution in [0.25, 0.3) is 22.3 Å². The lowest BCUT2D eigenvalue weighted by Gasteiger charge is -2.17. The molecule has 156 valence electrons. The van der Waals surface area contributed by atoms with Gasteiger partial charge in [-0.1, -0.05) is 30.3 Å². The molecule has 2 aliphatic heterocycles. The van der Waals surface area contributed by atoms with Crippen molar-refractivity contribution in [1.29, 1.82) is 0 Å². The quantitative estimate of drug-likeness (QED) is 0.645. The molecule has 0 N–H and O–H groups in total. The Morgan fingerprint density at radius 1 is 1.10 bits per heavy atom. The Kier molecular flexibility index (Phi) is 4.61. The molecular formula is C22H24N4O3S. The molecule has 1 unspecified atom stereocenters. The summed E-state index contributed by atoms with van der Waals surface area (Å²) in [6.07, 6.45) is 2.56. The van der Waals surface area contributed by atoms with Gasteiger partial charge in [0.05, 0.1) is 28.8 Å². The monoisotopic (exact) mass is 424 g/mol. The third kappa shape index (κ3) is 3.29. The normalized spacial score (nSPS) is 20.8. The topological polar surface area (TPSA) is 85.2 Å². The summed E-state index contributed by atoms with van der Waals surface area (Å²) < 4.78 is 26.2.